The Labute approximate surface area is 148 Å². The van der Waals surface area contributed by atoms with E-state index in [1.54, 1.807) is 24.1 Å². The number of aromatic nitrogens is 4. The van der Waals surface area contributed by atoms with Crippen LogP contribution in [0.5, 0.6) is 0 Å². The number of carbonyl (C=O) groups is 1. The number of hydrogen-bond acceptors (Lipinski definition) is 5. The standard InChI is InChI=1S/C17H17F2N5O2/c1-9(2)14(21-16(25)13-11(18)5-4-6-12(13)19)17-22-15(23-26-17)10-7-20-24(3)8-10/h4-9,14H,1-3H3,(H,21,25). The Hall–Kier alpha value is -3.10. The van der Waals surface area contributed by atoms with Gasteiger partial charge in [0.05, 0.1) is 11.8 Å². The number of amides is 1. The van der Waals surface area contributed by atoms with Gasteiger partial charge in [0.25, 0.3) is 5.91 Å². The van der Waals surface area contributed by atoms with Gasteiger partial charge in [0.2, 0.25) is 11.7 Å². The summed E-state index contributed by atoms with van der Waals surface area (Å²) in [5, 5.41) is 10.5. The molecule has 0 aliphatic carbocycles. The molecule has 1 N–H and O–H groups in total. The molecule has 3 rings (SSSR count). The van der Waals surface area contributed by atoms with Gasteiger partial charge in [0, 0.05) is 13.2 Å². The van der Waals surface area contributed by atoms with E-state index in [4.69, 9.17) is 4.52 Å². The van der Waals surface area contributed by atoms with Gasteiger partial charge < -0.3 is 9.84 Å². The minimum absolute atomic E-state index is 0.143. The monoisotopic (exact) mass is 361 g/mol. The second-order valence-electron chi connectivity index (χ2n) is 6.15. The van der Waals surface area contributed by atoms with Gasteiger partial charge >= 0.3 is 0 Å². The molecule has 1 atom stereocenters. The first-order chi connectivity index (χ1) is 12.4. The molecule has 1 aromatic carbocycles. The van der Waals surface area contributed by atoms with E-state index in [0.29, 0.717) is 11.4 Å². The summed E-state index contributed by atoms with van der Waals surface area (Å²) in [6, 6.07) is 2.53. The fourth-order valence-electron chi connectivity index (χ4n) is 2.46. The van der Waals surface area contributed by atoms with Crippen LogP contribution in [0.4, 0.5) is 8.78 Å². The third-order valence-electron chi connectivity index (χ3n) is 3.81. The van der Waals surface area contributed by atoms with Crippen molar-refractivity contribution in [1.82, 2.24) is 25.2 Å². The molecular weight excluding hydrogens is 344 g/mol. The molecule has 0 bridgehead atoms. The Morgan fingerprint density at radius 2 is 1.96 bits per heavy atom. The molecule has 2 heterocycles. The number of halogens is 2. The number of aryl methyl sites for hydroxylation is 1. The molecule has 0 fully saturated rings. The molecule has 2 aromatic heterocycles. The maximum Gasteiger partial charge on any atom is 0.257 e. The molecule has 136 valence electrons. The normalized spacial score (nSPS) is 12.4. The summed E-state index contributed by atoms with van der Waals surface area (Å²) < 4.78 is 34.5. The van der Waals surface area contributed by atoms with E-state index >= 15 is 0 Å². The van der Waals surface area contributed by atoms with Gasteiger partial charge in [-0.1, -0.05) is 25.1 Å². The van der Waals surface area contributed by atoms with E-state index in [2.05, 4.69) is 20.6 Å². The Morgan fingerprint density at radius 3 is 2.54 bits per heavy atom. The molecular formula is C17H17F2N5O2. The van der Waals surface area contributed by atoms with E-state index in [1.807, 2.05) is 13.8 Å². The van der Waals surface area contributed by atoms with Crippen molar-refractivity contribution in [2.24, 2.45) is 13.0 Å². The number of benzene rings is 1. The topological polar surface area (TPSA) is 85.8 Å². The van der Waals surface area contributed by atoms with Gasteiger partial charge in [-0.15, -0.1) is 0 Å². The smallest absolute Gasteiger partial charge is 0.257 e. The molecule has 9 heteroatoms. The van der Waals surface area contributed by atoms with Crippen LogP contribution in [0.1, 0.15) is 36.1 Å². The maximum atomic E-state index is 13.8. The van der Waals surface area contributed by atoms with Crippen molar-refractivity contribution in [2.75, 3.05) is 0 Å². The van der Waals surface area contributed by atoms with Gasteiger partial charge in [-0.2, -0.15) is 10.1 Å². The summed E-state index contributed by atoms with van der Waals surface area (Å²) in [5.41, 5.74) is 0.00151. The molecule has 7 nitrogen and oxygen atoms in total. The largest absolute Gasteiger partial charge is 0.340 e. The average molecular weight is 361 g/mol. The number of nitrogens with zero attached hydrogens (tertiary/aromatic N) is 4. The summed E-state index contributed by atoms with van der Waals surface area (Å²) in [6.07, 6.45) is 3.29. The van der Waals surface area contributed by atoms with Gasteiger partial charge in [-0.25, -0.2) is 8.78 Å². The van der Waals surface area contributed by atoms with Crippen LogP contribution >= 0.6 is 0 Å². The third kappa shape index (κ3) is 3.46. The molecule has 26 heavy (non-hydrogen) atoms. The molecule has 1 unspecified atom stereocenters. The van der Waals surface area contributed by atoms with Crippen molar-refractivity contribution in [3.8, 4) is 11.4 Å². The zero-order valence-corrected chi connectivity index (χ0v) is 14.4. The van der Waals surface area contributed by atoms with Gasteiger partial charge in [-0.3, -0.25) is 9.48 Å². The fraction of sp³-hybridized carbons (Fsp3) is 0.294. The van der Waals surface area contributed by atoms with Crippen LogP contribution in [0.15, 0.2) is 35.1 Å². The van der Waals surface area contributed by atoms with Gasteiger partial charge in [0.1, 0.15) is 23.2 Å². The minimum atomic E-state index is -0.938. The molecule has 0 saturated carbocycles. The molecule has 1 amide bonds. The van der Waals surface area contributed by atoms with Crippen molar-refractivity contribution in [1.29, 1.82) is 0 Å². The highest BCUT2D eigenvalue weighted by Crippen LogP contribution is 2.24. The molecule has 0 aliphatic heterocycles. The minimum Gasteiger partial charge on any atom is -0.340 e. The lowest BCUT2D eigenvalue weighted by Crippen LogP contribution is -2.33. The van der Waals surface area contributed by atoms with Crippen LogP contribution in [-0.2, 0) is 7.05 Å². The fourth-order valence-corrected chi connectivity index (χ4v) is 2.46. The number of hydrogen-bond donors (Lipinski definition) is 1. The Kier molecular flexibility index (Phi) is 4.79. The zero-order chi connectivity index (χ0) is 18.8. The Balaban J connectivity index is 1.86. The molecule has 0 radical (unpaired) electrons. The van der Waals surface area contributed by atoms with Crippen molar-refractivity contribution in [3.63, 3.8) is 0 Å². The lowest BCUT2D eigenvalue weighted by atomic mass is 10.0. The first-order valence-corrected chi connectivity index (χ1v) is 7.94. The highest BCUT2D eigenvalue weighted by Gasteiger charge is 2.27. The van der Waals surface area contributed by atoms with Crippen LogP contribution in [-0.4, -0.2) is 25.8 Å². The van der Waals surface area contributed by atoms with Crippen LogP contribution in [0.3, 0.4) is 0 Å². The average Bonchev–Trinajstić information content (AvgIpc) is 3.21. The van der Waals surface area contributed by atoms with Crippen molar-refractivity contribution in [2.45, 2.75) is 19.9 Å². The summed E-state index contributed by atoms with van der Waals surface area (Å²) in [5.74, 6) is -2.47. The molecule has 3 aromatic rings. The summed E-state index contributed by atoms with van der Waals surface area (Å²) >= 11 is 0. The predicted molar refractivity (Wildman–Crippen MR) is 87.9 cm³/mol. The summed E-state index contributed by atoms with van der Waals surface area (Å²) in [4.78, 5) is 16.6. The maximum absolute atomic E-state index is 13.8. The van der Waals surface area contributed by atoms with Crippen LogP contribution in [0.2, 0.25) is 0 Å². The zero-order valence-electron chi connectivity index (χ0n) is 14.4. The molecule has 0 aliphatic rings. The van der Waals surface area contributed by atoms with Crippen molar-refractivity contribution < 1.29 is 18.1 Å². The van der Waals surface area contributed by atoms with E-state index < -0.39 is 29.1 Å². The van der Waals surface area contributed by atoms with E-state index in [-0.39, 0.29) is 11.8 Å². The Bertz CT molecular complexity index is 915. The third-order valence-corrected chi connectivity index (χ3v) is 3.81. The van der Waals surface area contributed by atoms with Gasteiger partial charge in [-0.05, 0) is 18.1 Å². The van der Waals surface area contributed by atoms with Crippen LogP contribution < -0.4 is 5.32 Å². The summed E-state index contributed by atoms with van der Waals surface area (Å²) in [6.45, 7) is 3.63. The lowest BCUT2D eigenvalue weighted by Gasteiger charge is -2.18. The first-order valence-electron chi connectivity index (χ1n) is 7.94. The molecule has 0 spiro atoms. The van der Waals surface area contributed by atoms with E-state index in [9.17, 15) is 13.6 Å². The molecule has 0 saturated heterocycles. The lowest BCUT2D eigenvalue weighted by molar-refractivity contribution is 0.0905. The predicted octanol–water partition coefficient (Wildman–Crippen LogP) is 2.88. The first kappa shape index (κ1) is 17.7. The highest BCUT2D eigenvalue weighted by atomic mass is 19.1. The Morgan fingerprint density at radius 1 is 1.27 bits per heavy atom. The number of rotatable bonds is 5. The van der Waals surface area contributed by atoms with Crippen molar-refractivity contribution >= 4 is 5.91 Å². The SMILES string of the molecule is CC(C)C(NC(=O)c1c(F)cccc1F)c1nc(-c2cnn(C)c2)no1. The summed E-state index contributed by atoms with van der Waals surface area (Å²) in [7, 11) is 1.75. The number of carbonyl (C=O) groups excluding carboxylic acids is 1. The van der Waals surface area contributed by atoms with Crippen LogP contribution in [0.25, 0.3) is 11.4 Å². The van der Waals surface area contributed by atoms with Crippen LogP contribution in [0, 0.1) is 17.6 Å². The van der Waals surface area contributed by atoms with E-state index in [0.717, 1.165) is 12.1 Å². The second kappa shape index (κ2) is 7.03. The number of nitrogens with one attached hydrogen (secondary N) is 1. The van der Waals surface area contributed by atoms with E-state index in [1.165, 1.54) is 6.07 Å². The quantitative estimate of drug-likeness (QED) is 0.755. The van der Waals surface area contributed by atoms with Crippen molar-refractivity contribution in [3.05, 3.63) is 53.7 Å². The second-order valence-corrected chi connectivity index (χ2v) is 6.15. The highest BCUT2D eigenvalue weighted by molar-refractivity contribution is 5.95. The van der Waals surface area contributed by atoms with Gasteiger partial charge in [0.15, 0.2) is 0 Å².